The fourth-order valence-corrected chi connectivity index (χ4v) is 6.72. The summed E-state index contributed by atoms with van der Waals surface area (Å²) in [6, 6.07) is 22.1. The molecule has 0 aliphatic heterocycles. The van der Waals surface area contributed by atoms with E-state index in [9.17, 15) is 0 Å². The molecule has 5 aromatic rings. The van der Waals surface area contributed by atoms with Crippen LogP contribution in [0.1, 0.15) is 39.5 Å². The van der Waals surface area contributed by atoms with E-state index >= 15 is 0 Å². The summed E-state index contributed by atoms with van der Waals surface area (Å²) in [4.78, 5) is 5.25. The predicted molar refractivity (Wildman–Crippen MR) is 145 cm³/mol. The average Bonchev–Trinajstić information content (AvgIpc) is 3.65. The first-order valence-corrected chi connectivity index (χ1v) is 14.2. The topological polar surface area (TPSA) is 9.86 Å². The van der Waals surface area contributed by atoms with E-state index in [2.05, 4.69) is 82.3 Å². The van der Waals surface area contributed by atoms with Crippen LogP contribution in [0.5, 0.6) is 0 Å². The standard InChI is InChI=1S/C28H28N2S3.2Li/c1-3-5-17-29-21(25-9-7-19-31-25)11-13-23(29)27-15-16-28(33-27)24-14-12-22(26-10-8-20-32-26)30(24)18-6-4-2;;/h7-16H,3-6,17-18H2,1-2H3;;/q-2;2*+1. The molecule has 0 atom stereocenters. The van der Waals surface area contributed by atoms with Crippen LogP contribution in [0, 0.1) is 10.8 Å². The largest absolute Gasteiger partial charge is 1.00 e. The van der Waals surface area contributed by atoms with Crippen molar-refractivity contribution >= 4 is 34.0 Å². The molecule has 0 fully saturated rings. The summed E-state index contributed by atoms with van der Waals surface area (Å²) in [5, 5.41) is 6.50. The van der Waals surface area contributed by atoms with Crippen molar-refractivity contribution in [2.24, 2.45) is 0 Å². The Morgan fingerprint density at radius 1 is 0.571 bits per heavy atom. The minimum absolute atomic E-state index is 0. The first kappa shape index (κ1) is 28.4. The normalized spacial score (nSPS) is 10.8. The van der Waals surface area contributed by atoms with Gasteiger partial charge in [-0.05, 0) is 60.6 Å². The molecule has 2 nitrogen and oxygen atoms in total. The Balaban J connectivity index is 0.00000171. The Labute approximate surface area is 245 Å². The Morgan fingerprint density at radius 2 is 0.971 bits per heavy atom. The van der Waals surface area contributed by atoms with Crippen LogP contribution in [-0.2, 0) is 13.1 Å². The van der Waals surface area contributed by atoms with Gasteiger partial charge in [0.05, 0.1) is 21.1 Å². The molecular formula is C28H28Li2N2S3. The molecule has 0 unspecified atom stereocenters. The molecule has 5 heterocycles. The Morgan fingerprint density at radius 3 is 1.31 bits per heavy atom. The van der Waals surface area contributed by atoms with Crippen LogP contribution in [0.25, 0.3) is 42.3 Å². The van der Waals surface area contributed by atoms with Gasteiger partial charge in [-0.25, -0.2) is 0 Å². The first-order chi connectivity index (χ1) is 16.3. The molecule has 0 spiro atoms. The number of unbranched alkanes of at least 4 members (excludes halogenated alkanes) is 2. The monoisotopic (exact) mass is 502 g/mol. The second-order valence-corrected chi connectivity index (χ2v) is 11.1. The summed E-state index contributed by atoms with van der Waals surface area (Å²) in [6.07, 6.45) is 4.75. The fraction of sp³-hybridized carbons (Fsp3) is 0.286. The van der Waals surface area contributed by atoms with Gasteiger partial charge in [0, 0.05) is 13.1 Å². The van der Waals surface area contributed by atoms with Crippen molar-refractivity contribution in [2.45, 2.75) is 52.6 Å². The van der Waals surface area contributed by atoms with E-state index in [1.807, 2.05) is 23.5 Å². The van der Waals surface area contributed by atoms with E-state index in [1.54, 1.807) is 22.7 Å². The third-order valence-electron chi connectivity index (χ3n) is 5.99. The van der Waals surface area contributed by atoms with Crippen molar-refractivity contribution in [1.82, 2.24) is 9.13 Å². The average molecular weight is 503 g/mol. The summed E-state index contributed by atoms with van der Waals surface area (Å²) in [6.45, 7) is 6.62. The SMILES string of the molecule is CCCCn1c(-c2cc[c-]s2)ccc1-c1ccc(-c2ccc(-c3cc[c-]s3)n2CCCC)s1.[Li+].[Li+]. The molecule has 0 radical (unpaired) electrons. The van der Waals surface area contributed by atoms with Gasteiger partial charge in [-0.2, -0.15) is 24.3 Å². The Hall–Kier alpha value is -1.15. The molecule has 7 heteroatoms. The van der Waals surface area contributed by atoms with Gasteiger partial charge >= 0.3 is 37.7 Å². The third-order valence-corrected chi connectivity index (χ3v) is 8.76. The zero-order valence-electron chi connectivity index (χ0n) is 21.1. The summed E-state index contributed by atoms with van der Waals surface area (Å²) >= 11 is 5.30. The zero-order chi connectivity index (χ0) is 22.6. The maximum Gasteiger partial charge on any atom is 1.00 e. The minimum Gasteiger partial charge on any atom is -0.351 e. The summed E-state index contributed by atoms with van der Waals surface area (Å²) in [5.41, 5.74) is 5.26. The van der Waals surface area contributed by atoms with E-state index in [0.29, 0.717) is 0 Å². The molecule has 35 heavy (non-hydrogen) atoms. The molecule has 170 valence electrons. The smallest absolute Gasteiger partial charge is 0.351 e. The van der Waals surface area contributed by atoms with Gasteiger partial charge in [-0.1, -0.05) is 26.7 Å². The van der Waals surface area contributed by atoms with Crippen molar-refractivity contribution in [1.29, 1.82) is 0 Å². The van der Waals surface area contributed by atoms with Crippen LogP contribution in [-0.4, -0.2) is 9.13 Å². The quantitative estimate of drug-likeness (QED) is 0.205. The number of thiophene rings is 3. The van der Waals surface area contributed by atoms with Crippen LogP contribution in [0.4, 0.5) is 0 Å². The van der Waals surface area contributed by atoms with Gasteiger partial charge in [-0.3, -0.25) is 22.7 Å². The van der Waals surface area contributed by atoms with E-state index < -0.39 is 0 Å². The van der Waals surface area contributed by atoms with Crippen molar-refractivity contribution in [3.8, 4) is 42.3 Å². The summed E-state index contributed by atoms with van der Waals surface area (Å²) in [5.74, 6) is 0. The maximum atomic E-state index is 3.25. The van der Waals surface area contributed by atoms with Crippen LogP contribution in [0.2, 0.25) is 0 Å². The minimum atomic E-state index is 0. The number of aromatic nitrogens is 2. The van der Waals surface area contributed by atoms with Gasteiger partial charge < -0.3 is 9.13 Å². The van der Waals surface area contributed by atoms with Crippen molar-refractivity contribution in [3.63, 3.8) is 0 Å². The molecule has 0 saturated carbocycles. The Kier molecular flexibility index (Phi) is 10.9. The molecule has 0 aromatic carbocycles. The molecule has 0 aliphatic rings. The molecule has 0 aliphatic carbocycles. The summed E-state index contributed by atoms with van der Waals surface area (Å²) in [7, 11) is 0. The maximum absolute atomic E-state index is 3.25. The predicted octanol–water partition coefficient (Wildman–Crippen LogP) is 3.35. The molecule has 0 saturated heterocycles. The van der Waals surface area contributed by atoms with E-state index in [4.69, 9.17) is 0 Å². The Bertz CT molecular complexity index is 1200. The van der Waals surface area contributed by atoms with Crippen LogP contribution in [0.15, 0.2) is 60.7 Å². The van der Waals surface area contributed by atoms with Gasteiger partial charge in [0.1, 0.15) is 0 Å². The number of hydrogen-bond acceptors (Lipinski definition) is 3. The van der Waals surface area contributed by atoms with Gasteiger partial charge in [0.25, 0.3) is 0 Å². The van der Waals surface area contributed by atoms with Gasteiger partial charge in [-0.15, -0.1) is 31.9 Å². The van der Waals surface area contributed by atoms with E-state index in [1.165, 1.54) is 68.0 Å². The third kappa shape index (κ3) is 6.06. The zero-order valence-corrected chi connectivity index (χ0v) is 23.6. The van der Waals surface area contributed by atoms with Crippen molar-refractivity contribution in [2.75, 3.05) is 0 Å². The van der Waals surface area contributed by atoms with Gasteiger partial charge in [0.2, 0.25) is 0 Å². The number of rotatable bonds is 10. The molecule has 0 N–H and O–H groups in total. The van der Waals surface area contributed by atoms with Crippen LogP contribution >= 0.6 is 34.0 Å². The molecular weight excluding hydrogens is 474 g/mol. The van der Waals surface area contributed by atoms with Crippen molar-refractivity contribution in [3.05, 3.63) is 71.4 Å². The van der Waals surface area contributed by atoms with Crippen LogP contribution < -0.4 is 37.7 Å². The second kappa shape index (κ2) is 13.4. The molecule has 0 amide bonds. The van der Waals surface area contributed by atoms with E-state index in [0.717, 1.165) is 13.1 Å². The molecule has 0 bridgehead atoms. The van der Waals surface area contributed by atoms with Crippen LogP contribution in [0.3, 0.4) is 0 Å². The number of hydrogen-bond donors (Lipinski definition) is 0. The molecule has 5 aromatic heterocycles. The van der Waals surface area contributed by atoms with Crippen molar-refractivity contribution < 1.29 is 37.7 Å². The van der Waals surface area contributed by atoms with E-state index in [-0.39, 0.29) is 37.7 Å². The number of nitrogens with zero attached hydrogens (tertiary/aromatic N) is 2. The van der Waals surface area contributed by atoms with Gasteiger partial charge in [0.15, 0.2) is 0 Å². The summed E-state index contributed by atoms with van der Waals surface area (Å²) < 4.78 is 5.00. The first-order valence-electron chi connectivity index (χ1n) is 11.7. The molecule has 5 rings (SSSR count). The second-order valence-electron chi connectivity index (χ2n) is 8.22. The fourth-order valence-electron chi connectivity index (χ4n) is 4.28.